The minimum Gasteiger partial charge on any atom is -0.322 e. The highest BCUT2D eigenvalue weighted by molar-refractivity contribution is 7.92. The second-order valence-electron chi connectivity index (χ2n) is 7.77. The van der Waals surface area contributed by atoms with Crippen LogP contribution in [-0.4, -0.2) is 25.9 Å². The first-order chi connectivity index (χ1) is 15.9. The van der Waals surface area contributed by atoms with E-state index in [1.807, 2.05) is 36.6 Å². The second-order valence-corrected chi connectivity index (χ2v) is 10.7. The van der Waals surface area contributed by atoms with Crippen LogP contribution < -0.4 is 9.62 Å². The van der Waals surface area contributed by atoms with Gasteiger partial charge in [0.15, 0.2) is 0 Å². The van der Waals surface area contributed by atoms with Gasteiger partial charge in [-0.2, -0.15) is 0 Å². The Morgan fingerprint density at radius 1 is 1.03 bits per heavy atom. The molecular formula is C25H21N3O3S2. The highest BCUT2D eigenvalue weighted by Gasteiger charge is 2.31. The summed E-state index contributed by atoms with van der Waals surface area (Å²) in [6.45, 7) is 2.31. The monoisotopic (exact) mass is 475 g/mol. The minimum absolute atomic E-state index is 0.242. The van der Waals surface area contributed by atoms with Crippen molar-refractivity contribution in [1.82, 2.24) is 4.98 Å². The van der Waals surface area contributed by atoms with Crippen LogP contribution in [0.3, 0.4) is 0 Å². The van der Waals surface area contributed by atoms with Crippen LogP contribution >= 0.6 is 11.3 Å². The number of anilines is 2. The first-order valence-corrected chi connectivity index (χ1v) is 12.8. The van der Waals surface area contributed by atoms with Crippen LogP contribution in [0, 0.1) is 6.92 Å². The third kappa shape index (κ3) is 4.15. The van der Waals surface area contributed by atoms with Crippen LogP contribution in [0.15, 0.2) is 83.1 Å². The van der Waals surface area contributed by atoms with Gasteiger partial charge in [0.05, 0.1) is 21.3 Å². The van der Waals surface area contributed by atoms with Crippen molar-refractivity contribution >= 4 is 38.6 Å². The molecule has 0 bridgehead atoms. The Bertz CT molecular complexity index is 1450. The molecule has 0 saturated heterocycles. The number of hydrogen-bond donors (Lipinski definition) is 1. The molecule has 1 aliphatic rings. The van der Waals surface area contributed by atoms with Crippen LogP contribution in [0.25, 0.3) is 11.3 Å². The molecule has 1 aromatic heterocycles. The van der Waals surface area contributed by atoms with Crippen LogP contribution in [0.1, 0.15) is 20.9 Å². The Morgan fingerprint density at radius 3 is 2.61 bits per heavy atom. The fourth-order valence-electron chi connectivity index (χ4n) is 3.94. The average molecular weight is 476 g/mol. The van der Waals surface area contributed by atoms with Crippen LogP contribution in [0.4, 0.5) is 11.4 Å². The lowest BCUT2D eigenvalue weighted by Crippen LogP contribution is -2.29. The Morgan fingerprint density at radius 2 is 1.85 bits per heavy atom. The van der Waals surface area contributed by atoms with Crippen molar-refractivity contribution in [3.63, 3.8) is 0 Å². The number of carbonyl (C=O) groups is 1. The van der Waals surface area contributed by atoms with E-state index in [2.05, 4.69) is 10.3 Å². The number of amides is 1. The van der Waals surface area contributed by atoms with Gasteiger partial charge in [0.2, 0.25) is 0 Å². The number of rotatable bonds is 5. The van der Waals surface area contributed by atoms with Crippen LogP contribution in [0.5, 0.6) is 0 Å². The lowest BCUT2D eigenvalue weighted by molar-refractivity contribution is 0.102. The molecule has 4 aromatic rings. The molecule has 0 atom stereocenters. The van der Waals surface area contributed by atoms with Gasteiger partial charge >= 0.3 is 0 Å². The SMILES string of the molecule is Cc1nc(-c2cccc(NC(=O)c3ccc4c(c3)CCN4S(=O)(=O)c3ccccc3)c2)cs1. The van der Waals surface area contributed by atoms with Gasteiger partial charge in [-0.1, -0.05) is 30.3 Å². The van der Waals surface area contributed by atoms with E-state index in [0.717, 1.165) is 21.8 Å². The van der Waals surface area contributed by atoms with E-state index in [-0.39, 0.29) is 10.8 Å². The number of thiazole rings is 1. The Hall–Kier alpha value is -3.49. The Labute approximate surface area is 196 Å². The molecule has 5 rings (SSSR count). The number of nitrogens with one attached hydrogen (secondary N) is 1. The third-order valence-electron chi connectivity index (χ3n) is 5.56. The van der Waals surface area contributed by atoms with Crippen molar-refractivity contribution in [2.24, 2.45) is 0 Å². The number of benzene rings is 3. The normalized spacial score (nSPS) is 13.1. The van der Waals surface area contributed by atoms with Crippen LogP contribution in [-0.2, 0) is 16.4 Å². The van der Waals surface area contributed by atoms with Gasteiger partial charge in [-0.05, 0) is 61.4 Å². The molecule has 1 amide bonds. The molecule has 1 N–H and O–H groups in total. The highest BCUT2D eigenvalue weighted by atomic mass is 32.2. The molecule has 0 unspecified atom stereocenters. The smallest absolute Gasteiger partial charge is 0.264 e. The summed E-state index contributed by atoms with van der Waals surface area (Å²) in [5.74, 6) is -0.242. The molecule has 8 heteroatoms. The van der Waals surface area contributed by atoms with E-state index in [0.29, 0.717) is 29.9 Å². The lowest BCUT2D eigenvalue weighted by Gasteiger charge is -2.19. The maximum absolute atomic E-state index is 13.0. The summed E-state index contributed by atoms with van der Waals surface area (Å²) < 4.78 is 27.5. The maximum Gasteiger partial charge on any atom is 0.264 e. The predicted octanol–water partition coefficient (Wildman–Crippen LogP) is 5.12. The molecule has 0 fully saturated rings. The molecular weight excluding hydrogens is 454 g/mol. The molecule has 0 aliphatic carbocycles. The van der Waals surface area contributed by atoms with E-state index >= 15 is 0 Å². The van der Waals surface area contributed by atoms with E-state index in [9.17, 15) is 13.2 Å². The van der Waals surface area contributed by atoms with Crippen molar-refractivity contribution in [2.45, 2.75) is 18.2 Å². The highest BCUT2D eigenvalue weighted by Crippen LogP contribution is 2.34. The van der Waals surface area contributed by atoms with Gasteiger partial charge in [-0.15, -0.1) is 11.3 Å². The first-order valence-electron chi connectivity index (χ1n) is 10.5. The van der Waals surface area contributed by atoms with Gasteiger partial charge in [0, 0.05) is 28.7 Å². The molecule has 33 heavy (non-hydrogen) atoms. The van der Waals surface area contributed by atoms with Gasteiger partial charge in [-0.25, -0.2) is 13.4 Å². The molecule has 1 aliphatic heterocycles. The molecule has 0 saturated carbocycles. The summed E-state index contributed by atoms with van der Waals surface area (Å²) >= 11 is 1.58. The van der Waals surface area contributed by atoms with Crippen molar-refractivity contribution in [2.75, 3.05) is 16.2 Å². The number of aryl methyl sites for hydroxylation is 1. The second kappa shape index (κ2) is 8.46. The standard InChI is InChI=1S/C25H21N3O3S2/c1-17-26-23(16-32-17)18-6-5-7-21(15-18)27-25(29)20-10-11-24-19(14-20)12-13-28(24)33(30,31)22-8-3-2-4-9-22/h2-11,14-16H,12-13H2,1H3,(H,27,29). The van der Waals surface area contributed by atoms with Gasteiger partial charge in [0.25, 0.3) is 15.9 Å². The molecule has 166 valence electrons. The Balaban J connectivity index is 1.37. The molecule has 0 spiro atoms. The zero-order chi connectivity index (χ0) is 23.0. The largest absolute Gasteiger partial charge is 0.322 e. The zero-order valence-electron chi connectivity index (χ0n) is 17.9. The first kappa shape index (κ1) is 21.4. The summed E-state index contributed by atoms with van der Waals surface area (Å²) in [7, 11) is -3.64. The van der Waals surface area contributed by atoms with Crippen LogP contribution in [0.2, 0.25) is 0 Å². The van der Waals surface area contributed by atoms with Crippen molar-refractivity contribution in [3.05, 3.63) is 94.3 Å². The zero-order valence-corrected chi connectivity index (χ0v) is 19.5. The predicted molar refractivity (Wildman–Crippen MR) is 131 cm³/mol. The topological polar surface area (TPSA) is 79.4 Å². The summed E-state index contributed by atoms with van der Waals surface area (Å²) in [4.78, 5) is 17.7. The number of nitrogens with zero attached hydrogens (tertiary/aromatic N) is 2. The van der Waals surface area contributed by atoms with E-state index in [1.165, 1.54) is 4.31 Å². The Kier molecular flexibility index (Phi) is 5.47. The molecule has 0 radical (unpaired) electrons. The van der Waals surface area contributed by atoms with E-state index in [1.54, 1.807) is 59.9 Å². The summed E-state index contributed by atoms with van der Waals surface area (Å²) in [5.41, 5.74) is 4.45. The number of fused-ring (bicyclic) bond motifs is 1. The maximum atomic E-state index is 13.0. The van der Waals surface area contributed by atoms with Crippen molar-refractivity contribution in [3.8, 4) is 11.3 Å². The quantitative estimate of drug-likeness (QED) is 0.434. The number of hydrogen-bond acceptors (Lipinski definition) is 5. The van der Waals surface area contributed by atoms with E-state index < -0.39 is 10.0 Å². The number of carbonyl (C=O) groups excluding carboxylic acids is 1. The fraction of sp³-hybridized carbons (Fsp3) is 0.120. The molecule has 2 heterocycles. The number of sulfonamides is 1. The fourth-order valence-corrected chi connectivity index (χ4v) is 6.08. The molecule has 6 nitrogen and oxygen atoms in total. The van der Waals surface area contributed by atoms with Crippen molar-refractivity contribution < 1.29 is 13.2 Å². The van der Waals surface area contributed by atoms with Gasteiger partial charge < -0.3 is 5.32 Å². The van der Waals surface area contributed by atoms with Gasteiger partial charge in [-0.3, -0.25) is 9.10 Å². The van der Waals surface area contributed by atoms with Gasteiger partial charge in [0.1, 0.15) is 0 Å². The summed E-state index contributed by atoms with van der Waals surface area (Å²) in [6, 6.07) is 21.1. The summed E-state index contributed by atoms with van der Waals surface area (Å²) in [6.07, 6.45) is 0.557. The van der Waals surface area contributed by atoms with E-state index in [4.69, 9.17) is 0 Å². The summed E-state index contributed by atoms with van der Waals surface area (Å²) in [5, 5.41) is 5.92. The minimum atomic E-state index is -3.64. The molecule has 3 aromatic carbocycles. The third-order valence-corrected chi connectivity index (χ3v) is 8.16. The number of aromatic nitrogens is 1. The lowest BCUT2D eigenvalue weighted by atomic mass is 10.1. The average Bonchev–Trinajstić information content (AvgIpc) is 3.46. The van der Waals surface area contributed by atoms with Crippen molar-refractivity contribution in [1.29, 1.82) is 0 Å².